The molecule has 2 N–H and O–H groups in total. The van der Waals surface area contributed by atoms with Gasteiger partial charge in [0.15, 0.2) is 0 Å². The molecule has 0 spiro atoms. The monoisotopic (exact) mass is 257 g/mol. The molecule has 7 heteroatoms. The maximum Gasteiger partial charge on any atom is 0.573 e. The highest BCUT2D eigenvalue weighted by Gasteiger charge is 2.31. The lowest BCUT2D eigenvalue weighted by Gasteiger charge is -2.10. The van der Waals surface area contributed by atoms with Crippen LogP contribution in [0.15, 0.2) is 24.3 Å². The minimum atomic E-state index is -4.69. The van der Waals surface area contributed by atoms with Gasteiger partial charge < -0.3 is 15.2 Å². The maximum atomic E-state index is 11.8. The fraction of sp³-hybridized carbons (Fsp3) is 0.333. The van der Waals surface area contributed by atoms with Crippen LogP contribution in [0, 0.1) is 0 Å². The Balaban J connectivity index is 0.00000225. The summed E-state index contributed by atoms with van der Waals surface area (Å²) in [6, 6.07) is 5.29. The number of benzene rings is 1. The van der Waals surface area contributed by atoms with Crippen LogP contribution in [-0.4, -0.2) is 19.5 Å². The lowest BCUT2D eigenvalue weighted by atomic mass is 10.3. The van der Waals surface area contributed by atoms with E-state index in [0.717, 1.165) is 6.07 Å². The molecule has 0 saturated carbocycles. The molecule has 0 aliphatic heterocycles. The van der Waals surface area contributed by atoms with Crippen LogP contribution in [-0.2, 0) is 0 Å². The Morgan fingerprint density at radius 3 is 2.38 bits per heavy atom. The van der Waals surface area contributed by atoms with Crippen molar-refractivity contribution in [3.63, 3.8) is 0 Å². The van der Waals surface area contributed by atoms with Gasteiger partial charge in [-0.3, -0.25) is 0 Å². The summed E-state index contributed by atoms with van der Waals surface area (Å²) in [7, 11) is 0. The maximum absolute atomic E-state index is 11.8. The highest BCUT2D eigenvalue weighted by molar-refractivity contribution is 5.85. The van der Waals surface area contributed by atoms with Crippen molar-refractivity contribution in [2.24, 2.45) is 5.73 Å². The van der Waals surface area contributed by atoms with Crippen molar-refractivity contribution >= 4 is 12.4 Å². The van der Waals surface area contributed by atoms with E-state index >= 15 is 0 Å². The molecule has 0 amide bonds. The first-order valence-electron chi connectivity index (χ1n) is 4.20. The van der Waals surface area contributed by atoms with Crippen molar-refractivity contribution < 1.29 is 22.6 Å². The second-order valence-corrected chi connectivity index (χ2v) is 2.66. The third kappa shape index (κ3) is 5.67. The topological polar surface area (TPSA) is 44.5 Å². The van der Waals surface area contributed by atoms with Crippen molar-refractivity contribution in [2.75, 3.05) is 13.2 Å². The van der Waals surface area contributed by atoms with Crippen molar-refractivity contribution in [2.45, 2.75) is 6.36 Å². The van der Waals surface area contributed by atoms with E-state index < -0.39 is 6.36 Å². The lowest BCUT2D eigenvalue weighted by Crippen LogP contribution is -2.17. The van der Waals surface area contributed by atoms with Gasteiger partial charge in [0.25, 0.3) is 0 Å². The Labute approximate surface area is 96.7 Å². The summed E-state index contributed by atoms with van der Waals surface area (Å²) in [4.78, 5) is 0. The molecule has 1 rings (SSSR count). The standard InChI is InChI=1S/C9H10F3NO2.ClH/c10-9(11,12)15-8-3-1-2-7(6-8)14-5-4-13;/h1-3,6H,4-5,13H2;1H. The van der Waals surface area contributed by atoms with Crippen LogP contribution in [0.4, 0.5) is 13.2 Å². The van der Waals surface area contributed by atoms with E-state index in [9.17, 15) is 13.2 Å². The summed E-state index contributed by atoms with van der Waals surface area (Å²) in [6.07, 6.45) is -4.69. The van der Waals surface area contributed by atoms with Crippen molar-refractivity contribution in [3.8, 4) is 11.5 Å². The summed E-state index contributed by atoms with van der Waals surface area (Å²) >= 11 is 0. The molecule has 0 bridgehead atoms. The fourth-order valence-electron chi connectivity index (χ4n) is 0.938. The van der Waals surface area contributed by atoms with Crippen LogP contribution in [0.25, 0.3) is 0 Å². The van der Waals surface area contributed by atoms with E-state index in [0.29, 0.717) is 12.3 Å². The van der Waals surface area contributed by atoms with Crippen molar-refractivity contribution in [1.82, 2.24) is 0 Å². The number of hydrogen-bond donors (Lipinski definition) is 1. The molecule has 0 radical (unpaired) electrons. The van der Waals surface area contributed by atoms with Gasteiger partial charge in [-0.05, 0) is 12.1 Å². The number of halogens is 4. The molecule has 0 unspecified atom stereocenters. The second-order valence-electron chi connectivity index (χ2n) is 2.66. The average molecular weight is 258 g/mol. The van der Waals surface area contributed by atoms with Gasteiger partial charge in [0.2, 0.25) is 0 Å². The molecule has 3 nitrogen and oxygen atoms in total. The zero-order chi connectivity index (χ0) is 11.3. The molecule has 0 aliphatic carbocycles. The summed E-state index contributed by atoms with van der Waals surface area (Å²) in [5.41, 5.74) is 5.18. The van der Waals surface area contributed by atoms with Gasteiger partial charge in [0.1, 0.15) is 18.1 Å². The molecule has 0 aromatic heterocycles. The van der Waals surface area contributed by atoms with Gasteiger partial charge in [-0.1, -0.05) is 6.07 Å². The number of ether oxygens (including phenoxy) is 2. The molecule has 1 aromatic rings. The van der Waals surface area contributed by atoms with Gasteiger partial charge in [0.05, 0.1) is 0 Å². The lowest BCUT2D eigenvalue weighted by molar-refractivity contribution is -0.274. The minimum Gasteiger partial charge on any atom is -0.492 e. The first-order valence-corrected chi connectivity index (χ1v) is 4.20. The smallest absolute Gasteiger partial charge is 0.492 e. The highest BCUT2D eigenvalue weighted by Crippen LogP contribution is 2.25. The van der Waals surface area contributed by atoms with Crippen LogP contribution in [0.1, 0.15) is 0 Å². The van der Waals surface area contributed by atoms with Crippen molar-refractivity contribution in [3.05, 3.63) is 24.3 Å². The molecular formula is C9H11ClF3NO2. The van der Waals surface area contributed by atoms with Gasteiger partial charge in [-0.2, -0.15) is 0 Å². The molecule has 0 fully saturated rings. The Kier molecular flexibility index (Phi) is 5.98. The second kappa shape index (κ2) is 6.44. The molecule has 92 valence electrons. The predicted octanol–water partition coefficient (Wildman–Crippen LogP) is 2.34. The molecule has 0 atom stereocenters. The molecular weight excluding hydrogens is 247 g/mol. The van der Waals surface area contributed by atoms with Crippen molar-refractivity contribution in [1.29, 1.82) is 0 Å². The van der Waals surface area contributed by atoms with E-state index in [-0.39, 0.29) is 24.8 Å². The van der Waals surface area contributed by atoms with Gasteiger partial charge in [-0.25, -0.2) is 0 Å². The van der Waals surface area contributed by atoms with Crippen LogP contribution in [0.2, 0.25) is 0 Å². The van der Waals surface area contributed by atoms with Crippen LogP contribution in [0.5, 0.6) is 11.5 Å². The number of nitrogens with two attached hydrogens (primary N) is 1. The summed E-state index contributed by atoms with van der Waals surface area (Å²) in [5, 5.41) is 0. The quantitative estimate of drug-likeness (QED) is 0.900. The van der Waals surface area contributed by atoms with Gasteiger partial charge in [0, 0.05) is 12.6 Å². The first-order chi connectivity index (χ1) is 7.01. The van der Waals surface area contributed by atoms with E-state index in [1.54, 1.807) is 0 Å². The van der Waals surface area contributed by atoms with Crippen LogP contribution < -0.4 is 15.2 Å². The van der Waals surface area contributed by atoms with Gasteiger partial charge in [-0.15, -0.1) is 25.6 Å². The zero-order valence-electron chi connectivity index (χ0n) is 8.16. The largest absolute Gasteiger partial charge is 0.573 e. The van der Waals surface area contributed by atoms with E-state index in [1.165, 1.54) is 18.2 Å². The third-order valence-corrected chi connectivity index (χ3v) is 1.43. The predicted molar refractivity (Wildman–Crippen MR) is 54.9 cm³/mol. The molecule has 0 aliphatic rings. The molecule has 0 heterocycles. The Bertz CT molecular complexity index is 320. The van der Waals surface area contributed by atoms with Crippen LogP contribution in [0.3, 0.4) is 0 Å². The summed E-state index contributed by atoms with van der Waals surface area (Å²) in [5.74, 6) is -0.0146. The molecule has 16 heavy (non-hydrogen) atoms. The Hall–Kier alpha value is -1.14. The van der Waals surface area contributed by atoms with Gasteiger partial charge >= 0.3 is 6.36 Å². The normalized spacial score (nSPS) is 10.5. The van der Waals surface area contributed by atoms with E-state index in [4.69, 9.17) is 10.5 Å². The SMILES string of the molecule is Cl.NCCOc1cccc(OC(F)(F)F)c1. The first kappa shape index (κ1) is 14.9. The van der Waals surface area contributed by atoms with E-state index in [1.807, 2.05) is 0 Å². The minimum absolute atomic E-state index is 0. The Morgan fingerprint density at radius 2 is 1.81 bits per heavy atom. The number of hydrogen-bond acceptors (Lipinski definition) is 3. The van der Waals surface area contributed by atoms with Crippen LogP contribution >= 0.6 is 12.4 Å². The fourth-order valence-corrected chi connectivity index (χ4v) is 0.938. The average Bonchev–Trinajstić information content (AvgIpc) is 2.12. The molecule has 0 saturated heterocycles. The molecule has 1 aromatic carbocycles. The zero-order valence-corrected chi connectivity index (χ0v) is 8.98. The third-order valence-electron chi connectivity index (χ3n) is 1.43. The number of rotatable bonds is 4. The summed E-state index contributed by atoms with van der Waals surface area (Å²) < 4.78 is 44.3. The van der Waals surface area contributed by atoms with E-state index in [2.05, 4.69) is 4.74 Å². The summed E-state index contributed by atoms with van der Waals surface area (Å²) in [6.45, 7) is 0.541. The highest BCUT2D eigenvalue weighted by atomic mass is 35.5. The Morgan fingerprint density at radius 1 is 1.19 bits per heavy atom. The number of alkyl halides is 3.